The first kappa shape index (κ1) is 21.9. The Morgan fingerprint density at radius 1 is 1.13 bits per heavy atom. The van der Waals surface area contributed by atoms with Crippen LogP contribution in [-0.2, 0) is 4.79 Å². The molecule has 0 spiro atoms. The first-order chi connectivity index (χ1) is 14.4. The van der Waals surface area contributed by atoms with E-state index in [-0.39, 0.29) is 18.1 Å². The Bertz CT molecular complexity index is 1110. The van der Waals surface area contributed by atoms with Gasteiger partial charge >= 0.3 is 0 Å². The highest BCUT2D eigenvalue weighted by Crippen LogP contribution is 2.27. The molecule has 0 aliphatic carbocycles. The smallest absolute Gasteiger partial charge is 0.277 e. The maximum atomic E-state index is 12.9. The van der Waals surface area contributed by atoms with Gasteiger partial charge in [-0.25, -0.2) is 0 Å². The quantitative estimate of drug-likeness (QED) is 0.460. The van der Waals surface area contributed by atoms with Gasteiger partial charge in [-0.2, -0.15) is 5.26 Å². The van der Waals surface area contributed by atoms with E-state index in [1.165, 1.54) is 17.3 Å². The lowest BCUT2D eigenvalue weighted by atomic mass is 10.1. The number of rotatable bonds is 7. The van der Waals surface area contributed by atoms with Gasteiger partial charge in [-0.05, 0) is 67.8 Å². The van der Waals surface area contributed by atoms with Crippen LogP contribution in [0.25, 0.3) is 11.5 Å². The molecule has 1 heterocycles. The second-order valence-electron chi connectivity index (χ2n) is 6.85. The standard InChI is InChI=1S/C22H21ClN4O2S/c1-14-5-6-17(11-15(14)2)21-25-26-22(29-21)30-13-20(28)27(10-4-9-24)18-7-8-19(23)16(3)12-18/h5-8,11-12H,4,10,13H2,1-3H3. The minimum absolute atomic E-state index is 0.113. The van der Waals surface area contributed by atoms with E-state index in [0.29, 0.717) is 28.4 Å². The fourth-order valence-corrected chi connectivity index (χ4v) is 3.57. The number of amides is 1. The van der Waals surface area contributed by atoms with Crippen molar-refractivity contribution in [3.05, 3.63) is 58.1 Å². The van der Waals surface area contributed by atoms with Crippen molar-refractivity contribution >= 4 is 35.0 Å². The lowest BCUT2D eigenvalue weighted by Crippen LogP contribution is -2.33. The largest absolute Gasteiger partial charge is 0.411 e. The summed E-state index contributed by atoms with van der Waals surface area (Å²) >= 11 is 7.27. The van der Waals surface area contributed by atoms with Gasteiger partial charge in [0.25, 0.3) is 5.22 Å². The van der Waals surface area contributed by atoms with Gasteiger partial charge in [0.1, 0.15) is 0 Å². The van der Waals surface area contributed by atoms with Gasteiger partial charge in [-0.1, -0.05) is 29.4 Å². The number of nitrogens with zero attached hydrogens (tertiary/aromatic N) is 4. The van der Waals surface area contributed by atoms with Crippen LogP contribution in [0.2, 0.25) is 5.02 Å². The van der Waals surface area contributed by atoms with Crippen LogP contribution in [0.3, 0.4) is 0 Å². The summed E-state index contributed by atoms with van der Waals surface area (Å²) in [4.78, 5) is 14.4. The number of hydrogen-bond acceptors (Lipinski definition) is 6. The van der Waals surface area contributed by atoms with E-state index < -0.39 is 0 Å². The molecule has 0 radical (unpaired) electrons. The molecule has 0 bridgehead atoms. The topological polar surface area (TPSA) is 83.0 Å². The predicted octanol–water partition coefficient (Wildman–Crippen LogP) is 5.35. The Morgan fingerprint density at radius 2 is 1.93 bits per heavy atom. The van der Waals surface area contributed by atoms with Crippen LogP contribution in [-0.4, -0.2) is 28.4 Å². The van der Waals surface area contributed by atoms with Crippen LogP contribution in [0.4, 0.5) is 5.69 Å². The zero-order valence-corrected chi connectivity index (χ0v) is 18.5. The fraction of sp³-hybridized carbons (Fsp3) is 0.273. The van der Waals surface area contributed by atoms with Crippen molar-refractivity contribution in [1.82, 2.24) is 10.2 Å². The monoisotopic (exact) mass is 440 g/mol. The fourth-order valence-electron chi connectivity index (χ4n) is 2.82. The van der Waals surface area contributed by atoms with Crippen molar-refractivity contribution in [1.29, 1.82) is 5.26 Å². The zero-order valence-electron chi connectivity index (χ0n) is 17.0. The molecule has 0 aliphatic heterocycles. The lowest BCUT2D eigenvalue weighted by Gasteiger charge is -2.22. The van der Waals surface area contributed by atoms with Crippen LogP contribution >= 0.6 is 23.4 Å². The number of anilines is 1. The molecule has 1 aromatic heterocycles. The van der Waals surface area contributed by atoms with Crippen LogP contribution in [0.15, 0.2) is 46.0 Å². The maximum absolute atomic E-state index is 12.9. The molecule has 0 fully saturated rings. The number of thioether (sulfide) groups is 1. The third-order valence-corrected chi connectivity index (χ3v) is 5.91. The van der Waals surface area contributed by atoms with E-state index in [1.807, 2.05) is 45.0 Å². The van der Waals surface area contributed by atoms with Crippen LogP contribution < -0.4 is 4.90 Å². The van der Waals surface area contributed by atoms with E-state index in [2.05, 4.69) is 16.3 Å². The Labute approximate surface area is 184 Å². The molecule has 6 nitrogen and oxygen atoms in total. The number of hydrogen-bond donors (Lipinski definition) is 0. The molecule has 0 atom stereocenters. The van der Waals surface area contributed by atoms with Gasteiger partial charge in [0.05, 0.1) is 18.2 Å². The maximum Gasteiger partial charge on any atom is 0.277 e. The Hall–Kier alpha value is -2.82. The Morgan fingerprint density at radius 3 is 2.63 bits per heavy atom. The summed E-state index contributed by atoms with van der Waals surface area (Å²) in [5, 5.41) is 18.0. The van der Waals surface area contributed by atoms with E-state index in [4.69, 9.17) is 21.3 Å². The number of aromatic nitrogens is 2. The first-order valence-electron chi connectivity index (χ1n) is 9.36. The highest BCUT2D eigenvalue weighted by atomic mass is 35.5. The van der Waals surface area contributed by atoms with Crippen LogP contribution in [0.1, 0.15) is 23.1 Å². The lowest BCUT2D eigenvalue weighted by molar-refractivity contribution is -0.116. The first-order valence-corrected chi connectivity index (χ1v) is 10.7. The van der Waals surface area contributed by atoms with Gasteiger partial charge < -0.3 is 9.32 Å². The van der Waals surface area contributed by atoms with Crippen LogP contribution in [0.5, 0.6) is 0 Å². The Kier molecular flexibility index (Phi) is 7.14. The third-order valence-electron chi connectivity index (χ3n) is 4.68. The second-order valence-corrected chi connectivity index (χ2v) is 8.18. The average Bonchev–Trinajstić information content (AvgIpc) is 3.20. The number of benzene rings is 2. The van der Waals surface area contributed by atoms with Crippen molar-refractivity contribution in [3.63, 3.8) is 0 Å². The highest BCUT2D eigenvalue weighted by Gasteiger charge is 2.18. The molecule has 0 saturated carbocycles. The molecular weight excluding hydrogens is 420 g/mol. The summed E-state index contributed by atoms with van der Waals surface area (Å²) in [5.41, 5.74) is 4.75. The summed E-state index contributed by atoms with van der Waals surface area (Å²) < 4.78 is 5.72. The summed E-state index contributed by atoms with van der Waals surface area (Å²) in [6, 6.07) is 13.4. The SMILES string of the molecule is Cc1ccc(-c2nnc(SCC(=O)N(CCC#N)c3ccc(Cl)c(C)c3)o2)cc1C. The zero-order chi connectivity index (χ0) is 21.7. The molecule has 3 aromatic rings. The Balaban J connectivity index is 1.70. The van der Waals surface area contributed by atoms with Gasteiger partial charge in [-0.15, -0.1) is 10.2 Å². The highest BCUT2D eigenvalue weighted by molar-refractivity contribution is 7.99. The molecule has 0 aliphatic rings. The van der Waals surface area contributed by atoms with Crippen molar-refractivity contribution in [2.24, 2.45) is 0 Å². The summed E-state index contributed by atoms with van der Waals surface area (Å²) in [5.74, 6) is 0.382. The molecule has 0 saturated heterocycles. The summed E-state index contributed by atoms with van der Waals surface area (Å²) in [6.07, 6.45) is 0.232. The molecular formula is C22H21ClN4O2S. The van der Waals surface area contributed by atoms with Crippen molar-refractivity contribution in [3.8, 4) is 17.5 Å². The minimum atomic E-state index is -0.150. The molecule has 2 aromatic carbocycles. The number of nitriles is 1. The number of halogens is 1. The van der Waals surface area contributed by atoms with E-state index in [1.54, 1.807) is 17.0 Å². The van der Waals surface area contributed by atoms with Crippen molar-refractivity contribution in [2.45, 2.75) is 32.4 Å². The predicted molar refractivity (Wildman–Crippen MR) is 119 cm³/mol. The van der Waals surface area contributed by atoms with Gasteiger partial charge in [0.2, 0.25) is 11.8 Å². The molecule has 30 heavy (non-hydrogen) atoms. The number of carbonyl (C=O) groups excluding carboxylic acids is 1. The number of carbonyl (C=O) groups is 1. The van der Waals surface area contributed by atoms with Crippen molar-refractivity contribution < 1.29 is 9.21 Å². The van der Waals surface area contributed by atoms with E-state index in [9.17, 15) is 4.79 Å². The van der Waals surface area contributed by atoms with Gasteiger partial charge in [0, 0.05) is 22.8 Å². The molecule has 1 amide bonds. The molecule has 8 heteroatoms. The number of aryl methyl sites for hydroxylation is 3. The van der Waals surface area contributed by atoms with Crippen LogP contribution in [0, 0.1) is 32.1 Å². The average molecular weight is 441 g/mol. The molecule has 154 valence electrons. The molecule has 3 rings (SSSR count). The second kappa shape index (κ2) is 9.79. The third kappa shape index (κ3) is 5.21. The summed E-state index contributed by atoms with van der Waals surface area (Å²) in [6.45, 7) is 6.24. The summed E-state index contributed by atoms with van der Waals surface area (Å²) in [7, 11) is 0. The molecule has 0 N–H and O–H groups in total. The van der Waals surface area contributed by atoms with E-state index in [0.717, 1.165) is 16.7 Å². The molecule has 0 unspecified atom stereocenters. The normalized spacial score (nSPS) is 10.6. The van der Waals surface area contributed by atoms with Gasteiger partial charge in [0.15, 0.2) is 0 Å². The minimum Gasteiger partial charge on any atom is -0.411 e. The van der Waals surface area contributed by atoms with Crippen molar-refractivity contribution in [2.75, 3.05) is 17.2 Å². The van der Waals surface area contributed by atoms with E-state index >= 15 is 0 Å². The van der Waals surface area contributed by atoms with Gasteiger partial charge in [-0.3, -0.25) is 4.79 Å².